The van der Waals surface area contributed by atoms with Crippen LogP contribution in [-0.2, 0) is 49.3 Å². The number of esters is 3. The van der Waals surface area contributed by atoms with Gasteiger partial charge < -0.3 is 54.1 Å². The number of para-hydroxylation sites is 2. The third-order valence-corrected chi connectivity index (χ3v) is 13.7. The summed E-state index contributed by atoms with van der Waals surface area (Å²) < 4.78 is 30.7. The number of nitrogens with zero attached hydrogens (tertiary/aromatic N) is 2. The van der Waals surface area contributed by atoms with Crippen LogP contribution < -0.4 is 5.32 Å². The second kappa shape index (κ2) is 22.6. The van der Waals surface area contributed by atoms with Gasteiger partial charge in [0, 0.05) is 24.2 Å². The molecule has 0 saturated carbocycles. The van der Waals surface area contributed by atoms with Crippen molar-refractivity contribution in [3.8, 4) is 0 Å². The zero-order chi connectivity index (χ0) is 48.8. The van der Waals surface area contributed by atoms with Crippen molar-refractivity contribution in [1.82, 2.24) is 9.80 Å². The monoisotopic (exact) mass is 951 g/mol. The number of Topliss-reactive ketones (excluding diaryl/α,β-unsaturated/α-hetero) is 1. The van der Waals surface area contributed by atoms with Crippen molar-refractivity contribution < 1.29 is 58.2 Å². The van der Waals surface area contributed by atoms with Crippen molar-refractivity contribution in [2.45, 2.75) is 155 Å². The third-order valence-electron chi connectivity index (χ3n) is 13.0. The Balaban J connectivity index is 1.80. The largest absolute Gasteiger partial charge is 0.466 e. The van der Waals surface area contributed by atoms with Crippen LogP contribution >= 0.6 is 23.2 Å². The van der Waals surface area contributed by atoms with Gasteiger partial charge >= 0.3 is 17.9 Å². The molecular weight excluding hydrogens is 881 g/mol. The van der Waals surface area contributed by atoms with E-state index in [1.165, 1.54) is 27.7 Å². The number of carbonyl (C=O) groups excluding carboxylic acids is 4. The number of ether oxygens (including phenoxy) is 5. The van der Waals surface area contributed by atoms with Gasteiger partial charge in [0.15, 0.2) is 18.2 Å². The highest BCUT2D eigenvalue weighted by atomic mass is 35.5. The van der Waals surface area contributed by atoms with E-state index in [0.29, 0.717) is 39.9 Å². The molecule has 17 heteroatoms. The molecule has 4 N–H and O–H groups in total. The van der Waals surface area contributed by atoms with Crippen molar-refractivity contribution >= 4 is 58.3 Å². The average molecular weight is 953 g/mol. The predicted molar refractivity (Wildman–Crippen MR) is 248 cm³/mol. The molecule has 2 aromatic carbocycles. The second-order valence-electron chi connectivity index (χ2n) is 18.9. The Bertz CT molecular complexity index is 1950. The van der Waals surface area contributed by atoms with Crippen molar-refractivity contribution in [3.05, 3.63) is 58.1 Å². The van der Waals surface area contributed by atoms with Gasteiger partial charge in [-0.05, 0) is 112 Å². The zero-order valence-electron chi connectivity index (χ0n) is 39.9. The molecule has 0 radical (unpaired) electrons. The summed E-state index contributed by atoms with van der Waals surface area (Å²) in [5.74, 6) is -5.05. The van der Waals surface area contributed by atoms with Gasteiger partial charge in [0.2, 0.25) is 0 Å². The van der Waals surface area contributed by atoms with Gasteiger partial charge in [0.05, 0.1) is 59.0 Å². The average Bonchev–Trinajstić information content (AvgIpc) is 3.22. The highest BCUT2D eigenvalue weighted by molar-refractivity contribution is 6.39. The summed E-state index contributed by atoms with van der Waals surface area (Å²) in [4.78, 5) is 60.7. The van der Waals surface area contributed by atoms with Crippen LogP contribution in [0.5, 0.6) is 0 Å². The number of likely N-dealkylation sites (N-methyl/N-ethyl adjacent to an activating group) is 2. The topological polar surface area (TPSA) is 194 Å². The normalized spacial score (nSPS) is 34.6. The number of halogens is 2. The number of nitrogens with one attached hydrogen (secondary N) is 1. The lowest BCUT2D eigenvalue weighted by Gasteiger charge is -2.47. The summed E-state index contributed by atoms with van der Waals surface area (Å²) in [5.41, 5.74) is -4.41. The summed E-state index contributed by atoms with van der Waals surface area (Å²) in [6.07, 6.45) is -7.39. The maximum atomic E-state index is 15.1. The lowest BCUT2D eigenvalue weighted by molar-refractivity contribution is -0.296. The van der Waals surface area contributed by atoms with E-state index >= 15 is 4.79 Å². The van der Waals surface area contributed by atoms with Crippen LogP contribution in [0.15, 0.2) is 42.5 Å². The molecule has 0 spiro atoms. The first-order valence-electron chi connectivity index (χ1n) is 22.5. The van der Waals surface area contributed by atoms with Crippen LogP contribution in [0.4, 0.5) is 11.4 Å². The molecule has 0 aromatic heterocycles. The molecule has 2 fully saturated rings. The third kappa shape index (κ3) is 13.0. The van der Waals surface area contributed by atoms with Gasteiger partial charge in [-0.2, -0.15) is 0 Å². The fourth-order valence-corrected chi connectivity index (χ4v) is 9.84. The summed E-state index contributed by atoms with van der Waals surface area (Å²) in [6, 6.07) is 11.1. The van der Waals surface area contributed by atoms with Crippen LogP contribution in [0, 0.1) is 17.3 Å². The van der Waals surface area contributed by atoms with Crippen molar-refractivity contribution in [2.75, 3.05) is 39.6 Å². The molecule has 2 aromatic rings. The van der Waals surface area contributed by atoms with Crippen LogP contribution in [0.3, 0.4) is 0 Å². The van der Waals surface area contributed by atoms with Crippen LogP contribution in [0.2, 0.25) is 10.0 Å². The molecule has 2 heterocycles. The molecule has 65 heavy (non-hydrogen) atoms. The molecule has 0 amide bonds. The van der Waals surface area contributed by atoms with Gasteiger partial charge in [0.25, 0.3) is 0 Å². The minimum atomic E-state index is -2.22. The molecule has 0 bridgehead atoms. The number of carbonyl (C=O) groups is 4. The first-order chi connectivity index (χ1) is 30.3. The van der Waals surface area contributed by atoms with E-state index in [1.54, 1.807) is 70.3 Å². The zero-order valence-corrected chi connectivity index (χ0v) is 41.4. The summed E-state index contributed by atoms with van der Waals surface area (Å²) in [7, 11) is 5.45. The number of aliphatic hydroxyl groups is 3. The highest BCUT2D eigenvalue weighted by Gasteiger charge is 2.55. The minimum absolute atomic E-state index is 0.0296. The predicted octanol–water partition coefficient (Wildman–Crippen LogP) is 6.35. The maximum absolute atomic E-state index is 15.1. The Morgan fingerprint density at radius 1 is 0.969 bits per heavy atom. The van der Waals surface area contributed by atoms with Crippen LogP contribution in [-0.4, -0.2) is 143 Å². The minimum Gasteiger partial charge on any atom is -0.466 e. The molecule has 4 rings (SSSR count). The molecule has 1 unspecified atom stereocenters. The summed E-state index contributed by atoms with van der Waals surface area (Å²) >= 11 is 12.9. The number of anilines is 2. The standard InChI is InChI=1S/C48H71Cl2N3O12/c1-13-36-48(9,60)42(57)30(6)53(12)26-27(3)24-47(8,59)43(29(5)41(56)46(7,45(58)63-36)25-38(55)61-14-2)65-44-40(35(52(10)11)22-28(4)62-44)64-37(54)23-31-18-15-16-21-34(31)51-39-32(49)19-17-20-33(39)50/h15-21,27-30,35-36,40,42-44,51,57,59-60H,13-14,22-26H2,1-12H3/t27-,28-,29+,30-,35?,36-,40-,42-,43-,44+,46+,47-,48-/m1/s1. The summed E-state index contributed by atoms with van der Waals surface area (Å²) in [5, 5.41) is 40.0. The lowest BCUT2D eigenvalue weighted by Crippen LogP contribution is -2.60. The van der Waals surface area contributed by atoms with E-state index in [9.17, 15) is 29.7 Å². The molecule has 2 aliphatic heterocycles. The number of hydrogen-bond donors (Lipinski definition) is 4. The number of aliphatic hydroxyl groups excluding tert-OH is 1. The molecule has 15 nitrogen and oxygen atoms in total. The fourth-order valence-electron chi connectivity index (χ4n) is 9.35. The molecule has 364 valence electrons. The molecule has 2 saturated heterocycles. The van der Waals surface area contributed by atoms with Crippen LogP contribution in [0.25, 0.3) is 0 Å². The molecule has 2 aliphatic rings. The van der Waals surface area contributed by atoms with Gasteiger partial charge in [0.1, 0.15) is 23.2 Å². The molecule has 13 atom stereocenters. The van der Waals surface area contributed by atoms with Gasteiger partial charge in [-0.25, -0.2) is 0 Å². The highest BCUT2D eigenvalue weighted by Crippen LogP contribution is 2.40. The second-order valence-corrected chi connectivity index (χ2v) is 19.7. The fraction of sp³-hybridized carbons (Fsp3) is 0.667. The van der Waals surface area contributed by atoms with Gasteiger partial charge in [-0.15, -0.1) is 0 Å². The van der Waals surface area contributed by atoms with Gasteiger partial charge in [-0.3, -0.25) is 19.2 Å². The van der Waals surface area contributed by atoms with Crippen molar-refractivity contribution in [1.29, 1.82) is 0 Å². The Kier molecular flexibility index (Phi) is 18.9. The Morgan fingerprint density at radius 3 is 2.20 bits per heavy atom. The maximum Gasteiger partial charge on any atom is 0.320 e. The SMILES string of the molecule is CCOC(=O)C[C@]1(C)C(=O)O[C@H](CC)[C@@](C)(O)[C@H](O)[C@@H](C)N(C)C[C@H](C)C[C@@](C)(O)[C@H](O[C@@H]2O[C@H](C)CC(N(C)C)[C@H]2OC(=O)Cc2ccccc2Nc2c(Cl)cccc2Cl)[C@@H](C)C1=O. The van der Waals surface area contributed by atoms with E-state index < -0.39 is 102 Å². The van der Waals surface area contributed by atoms with E-state index in [2.05, 4.69) is 5.32 Å². The smallest absolute Gasteiger partial charge is 0.320 e. The van der Waals surface area contributed by atoms with Crippen molar-refractivity contribution in [2.24, 2.45) is 17.3 Å². The number of ketones is 1. The van der Waals surface area contributed by atoms with Crippen LogP contribution in [0.1, 0.15) is 93.6 Å². The number of cyclic esters (lactones) is 1. The Hall–Kier alpha value is -3.38. The quantitative estimate of drug-likeness (QED) is 0.104. The summed E-state index contributed by atoms with van der Waals surface area (Å²) in [6.45, 7) is 14.7. The Labute approximate surface area is 394 Å². The van der Waals surface area contributed by atoms with E-state index in [4.69, 9.17) is 46.9 Å². The first kappa shape index (κ1) is 54.2. The van der Waals surface area contributed by atoms with Crippen molar-refractivity contribution in [3.63, 3.8) is 0 Å². The van der Waals surface area contributed by atoms with Gasteiger partial charge in [-0.1, -0.05) is 68.2 Å². The molecule has 0 aliphatic carbocycles. The molecular formula is C48H71Cl2N3O12. The van der Waals surface area contributed by atoms with E-state index in [1.807, 2.05) is 37.7 Å². The van der Waals surface area contributed by atoms with E-state index in [0.717, 1.165) is 0 Å². The number of benzene rings is 2. The first-order valence-corrected chi connectivity index (χ1v) is 23.2. The van der Waals surface area contributed by atoms with E-state index in [-0.39, 0.29) is 31.8 Å². The Morgan fingerprint density at radius 2 is 1.60 bits per heavy atom. The number of rotatable bonds is 12. The number of hydrogen-bond acceptors (Lipinski definition) is 15. The lowest BCUT2D eigenvalue weighted by atomic mass is 9.72.